The zero-order valence-corrected chi connectivity index (χ0v) is 12.2. The molecule has 2 aromatic rings. The molecule has 0 bridgehead atoms. The van der Waals surface area contributed by atoms with Gasteiger partial charge in [-0.15, -0.1) is 0 Å². The average molecular weight is 290 g/mol. The van der Waals surface area contributed by atoms with Gasteiger partial charge >= 0.3 is 0 Å². The molecule has 0 aliphatic carbocycles. The van der Waals surface area contributed by atoms with Gasteiger partial charge in [-0.2, -0.15) is 0 Å². The van der Waals surface area contributed by atoms with Crippen LogP contribution in [0.5, 0.6) is 0 Å². The first-order valence-electron chi connectivity index (χ1n) is 6.28. The number of aryl methyl sites for hydroxylation is 1. The van der Waals surface area contributed by atoms with E-state index in [1.54, 1.807) is 6.20 Å². The highest BCUT2D eigenvalue weighted by molar-refractivity contribution is 6.32. The van der Waals surface area contributed by atoms with Crippen LogP contribution in [0.4, 0.5) is 11.4 Å². The van der Waals surface area contributed by atoms with Crippen LogP contribution in [-0.2, 0) is 11.3 Å². The Morgan fingerprint density at radius 2 is 1.95 bits per heavy atom. The normalized spacial score (nSPS) is 10.2. The second kappa shape index (κ2) is 6.39. The molecule has 0 unspecified atom stereocenters. The van der Waals surface area contributed by atoms with E-state index in [4.69, 9.17) is 11.6 Å². The van der Waals surface area contributed by atoms with E-state index in [0.717, 1.165) is 22.5 Å². The fraction of sp³-hybridized carbons (Fsp3) is 0.200. The monoisotopic (exact) mass is 289 g/mol. The SMILES string of the molecule is CC(=O)Nc1ccc(CNc2c(C)ccnc2Cl)cc1. The second-order valence-corrected chi connectivity index (χ2v) is 4.88. The highest BCUT2D eigenvalue weighted by Crippen LogP contribution is 2.23. The largest absolute Gasteiger partial charge is 0.378 e. The molecular formula is C15H16ClN3O. The number of halogens is 1. The number of anilines is 2. The summed E-state index contributed by atoms with van der Waals surface area (Å²) in [5, 5.41) is 6.48. The summed E-state index contributed by atoms with van der Waals surface area (Å²) < 4.78 is 0. The maximum atomic E-state index is 10.9. The third-order valence-corrected chi connectivity index (χ3v) is 3.14. The van der Waals surface area contributed by atoms with Crippen molar-refractivity contribution in [3.63, 3.8) is 0 Å². The van der Waals surface area contributed by atoms with Crippen molar-refractivity contribution >= 4 is 28.9 Å². The molecule has 2 rings (SSSR count). The van der Waals surface area contributed by atoms with Crippen LogP contribution in [0.3, 0.4) is 0 Å². The summed E-state index contributed by atoms with van der Waals surface area (Å²) in [5.74, 6) is -0.0753. The molecule has 2 N–H and O–H groups in total. The third kappa shape index (κ3) is 3.71. The van der Waals surface area contributed by atoms with Crippen LogP contribution in [0.1, 0.15) is 18.1 Å². The molecule has 1 aromatic heterocycles. The Hall–Kier alpha value is -2.07. The van der Waals surface area contributed by atoms with Crippen LogP contribution in [0.25, 0.3) is 0 Å². The number of carbonyl (C=O) groups is 1. The first kappa shape index (κ1) is 14.3. The summed E-state index contributed by atoms with van der Waals surface area (Å²) in [7, 11) is 0. The van der Waals surface area contributed by atoms with Gasteiger partial charge in [0, 0.05) is 25.4 Å². The van der Waals surface area contributed by atoms with E-state index in [-0.39, 0.29) is 5.91 Å². The van der Waals surface area contributed by atoms with Crippen molar-refractivity contribution in [2.75, 3.05) is 10.6 Å². The number of carbonyl (C=O) groups excluding carboxylic acids is 1. The number of rotatable bonds is 4. The van der Waals surface area contributed by atoms with E-state index in [1.165, 1.54) is 6.92 Å². The molecule has 104 valence electrons. The lowest BCUT2D eigenvalue weighted by Gasteiger charge is -2.11. The van der Waals surface area contributed by atoms with Crippen LogP contribution >= 0.6 is 11.6 Å². The summed E-state index contributed by atoms with van der Waals surface area (Å²) in [6, 6.07) is 9.57. The van der Waals surface area contributed by atoms with Gasteiger partial charge in [-0.25, -0.2) is 4.98 Å². The lowest BCUT2D eigenvalue weighted by molar-refractivity contribution is -0.114. The minimum atomic E-state index is -0.0753. The van der Waals surface area contributed by atoms with Crippen molar-refractivity contribution in [1.29, 1.82) is 0 Å². The van der Waals surface area contributed by atoms with Crippen LogP contribution in [0.15, 0.2) is 36.5 Å². The zero-order valence-electron chi connectivity index (χ0n) is 11.4. The van der Waals surface area contributed by atoms with Crippen molar-refractivity contribution in [3.8, 4) is 0 Å². The van der Waals surface area contributed by atoms with Gasteiger partial charge in [0.1, 0.15) is 0 Å². The molecular weight excluding hydrogens is 274 g/mol. The molecule has 0 fully saturated rings. The number of pyridine rings is 1. The van der Waals surface area contributed by atoms with E-state index in [0.29, 0.717) is 11.7 Å². The molecule has 4 nitrogen and oxygen atoms in total. The molecule has 0 atom stereocenters. The molecule has 0 aliphatic rings. The number of nitrogens with one attached hydrogen (secondary N) is 2. The van der Waals surface area contributed by atoms with Crippen LogP contribution in [-0.4, -0.2) is 10.9 Å². The molecule has 0 saturated heterocycles. The van der Waals surface area contributed by atoms with Crippen molar-refractivity contribution in [2.24, 2.45) is 0 Å². The van der Waals surface area contributed by atoms with Gasteiger partial charge < -0.3 is 10.6 Å². The van der Waals surface area contributed by atoms with Crippen molar-refractivity contribution < 1.29 is 4.79 Å². The Labute approximate surface area is 123 Å². The number of hydrogen-bond donors (Lipinski definition) is 2. The smallest absolute Gasteiger partial charge is 0.221 e. The van der Waals surface area contributed by atoms with E-state index in [1.807, 2.05) is 37.3 Å². The van der Waals surface area contributed by atoms with Crippen molar-refractivity contribution in [2.45, 2.75) is 20.4 Å². The van der Waals surface area contributed by atoms with Gasteiger partial charge in [-0.1, -0.05) is 23.7 Å². The number of aromatic nitrogens is 1. The lowest BCUT2D eigenvalue weighted by atomic mass is 10.2. The molecule has 20 heavy (non-hydrogen) atoms. The fourth-order valence-corrected chi connectivity index (χ4v) is 2.11. The summed E-state index contributed by atoms with van der Waals surface area (Å²) in [5.41, 5.74) is 3.79. The number of hydrogen-bond acceptors (Lipinski definition) is 3. The topological polar surface area (TPSA) is 54.0 Å². The number of amides is 1. The van der Waals surface area contributed by atoms with Gasteiger partial charge in [0.05, 0.1) is 5.69 Å². The summed E-state index contributed by atoms with van der Waals surface area (Å²) in [6.45, 7) is 4.12. The summed E-state index contributed by atoms with van der Waals surface area (Å²) in [4.78, 5) is 15.0. The Morgan fingerprint density at radius 1 is 1.25 bits per heavy atom. The van der Waals surface area contributed by atoms with Crippen LogP contribution < -0.4 is 10.6 Å². The highest BCUT2D eigenvalue weighted by Gasteiger charge is 2.04. The Bertz CT molecular complexity index is 591. The first-order chi connectivity index (χ1) is 9.56. The standard InChI is InChI=1S/C15H16ClN3O/c1-10-7-8-17-15(16)14(10)18-9-12-3-5-13(6-4-12)19-11(2)20/h3-8,18H,9H2,1-2H3,(H,19,20). The summed E-state index contributed by atoms with van der Waals surface area (Å²) in [6.07, 6.45) is 1.69. The highest BCUT2D eigenvalue weighted by atomic mass is 35.5. The van der Waals surface area contributed by atoms with Gasteiger partial charge in [0.15, 0.2) is 5.15 Å². The van der Waals surface area contributed by atoms with Gasteiger partial charge in [0.25, 0.3) is 0 Å². The minimum absolute atomic E-state index is 0.0753. The van der Waals surface area contributed by atoms with Gasteiger partial charge in [0.2, 0.25) is 5.91 Å². The second-order valence-electron chi connectivity index (χ2n) is 4.53. The predicted octanol–water partition coefficient (Wildman–Crippen LogP) is 3.61. The Morgan fingerprint density at radius 3 is 2.55 bits per heavy atom. The maximum absolute atomic E-state index is 10.9. The summed E-state index contributed by atoms with van der Waals surface area (Å²) >= 11 is 6.06. The molecule has 5 heteroatoms. The average Bonchev–Trinajstić information content (AvgIpc) is 2.39. The zero-order chi connectivity index (χ0) is 14.5. The third-order valence-electron chi connectivity index (χ3n) is 2.86. The molecule has 1 aromatic carbocycles. The molecule has 0 saturated carbocycles. The molecule has 0 spiro atoms. The lowest BCUT2D eigenvalue weighted by Crippen LogP contribution is -2.06. The molecule has 1 amide bonds. The quantitative estimate of drug-likeness (QED) is 0.845. The van der Waals surface area contributed by atoms with Crippen LogP contribution in [0.2, 0.25) is 5.15 Å². The van der Waals surface area contributed by atoms with E-state index < -0.39 is 0 Å². The van der Waals surface area contributed by atoms with Gasteiger partial charge in [-0.05, 0) is 36.2 Å². The van der Waals surface area contributed by atoms with Crippen LogP contribution in [0, 0.1) is 6.92 Å². The Balaban J connectivity index is 2.02. The molecule has 0 radical (unpaired) electrons. The molecule has 0 aliphatic heterocycles. The van der Waals surface area contributed by atoms with Crippen molar-refractivity contribution in [3.05, 3.63) is 52.8 Å². The molecule has 1 heterocycles. The predicted molar refractivity (Wildman–Crippen MR) is 82.1 cm³/mol. The van der Waals surface area contributed by atoms with Crippen molar-refractivity contribution in [1.82, 2.24) is 4.98 Å². The minimum Gasteiger partial charge on any atom is -0.378 e. The van der Waals surface area contributed by atoms with E-state index in [9.17, 15) is 4.79 Å². The van der Waals surface area contributed by atoms with E-state index >= 15 is 0 Å². The Kier molecular flexibility index (Phi) is 4.58. The number of nitrogens with zero attached hydrogens (tertiary/aromatic N) is 1. The van der Waals surface area contributed by atoms with Gasteiger partial charge in [-0.3, -0.25) is 4.79 Å². The van der Waals surface area contributed by atoms with E-state index in [2.05, 4.69) is 15.6 Å². The fourth-order valence-electron chi connectivity index (χ4n) is 1.84. The number of benzene rings is 1. The first-order valence-corrected chi connectivity index (χ1v) is 6.65. The maximum Gasteiger partial charge on any atom is 0.221 e.